The largest absolute Gasteiger partial charge is 0.481 e. The molecule has 4 nitrogen and oxygen atoms in total. The Morgan fingerprint density at radius 3 is 2.62 bits per heavy atom. The average molecular weight is 184 g/mol. The number of carboxylic acid groups (broad SMARTS) is 1. The molecule has 2 heterocycles. The highest BCUT2D eigenvalue weighted by molar-refractivity contribution is 5.83. The van der Waals surface area contributed by atoms with Crippen LogP contribution in [0.15, 0.2) is 0 Å². The monoisotopic (exact) mass is 184 g/mol. The molecule has 3 rings (SSSR count). The first-order valence-corrected chi connectivity index (χ1v) is 4.55. The smallest absolute Gasteiger partial charge is 0.310 e. The van der Waals surface area contributed by atoms with E-state index in [-0.39, 0.29) is 18.5 Å². The number of rotatable bonds is 1. The molecule has 1 saturated carbocycles. The van der Waals surface area contributed by atoms with Crippen LogP contribution in [0.3, 0.4) is 0 Å². The Morgan fingerprint density at radius 1 is 1.46 bits per heavy atom. The van der Waals surface area contributed by atoms with Gasteiger partial charge in [-0.1, -0.05) is 0 Å². The van der Waals surface area contributed by atoms with E-state index in [0.717, 1.165) is 0 Å². The summed E-state index contributed by atoms with van der Waals surface area (Å²) in [6.45, 7) is 0. The van der Waals surface area contributed by atoms with Crippen molar-refractivity contribution in [3.05, 3.63) is 0 Å². The van der Waals surface area contributed by atoms with Crippen molar-refractivity contribution in [1.29, 1.82) is 0 Å². The zero-order chi connectivity index (χ0) is 9.47. The van der Waals surface area contributed by atoms with Gasteiger partial charge >= 0.3 is 11.9 Å². The molecule has 0 spiro atoms. The molecular weight excluding hydrogens is 172 g/mol. The summed E-state index contributed by atoms with van der Waals surface area (Å²) in [7, 11) is 0. The molecule has 0 unspecified atom stereocenters. The van der Waals surface area contributed by atoms with Gasteiger partial charge in [0.05, 0.1) is 11.8 Å². The minimum Gasteiger partial charge on any atom is -0.481 e. The molecule has 0 amide bonds. The maximum absolute atomic E-state index is 11.2. The molecule has 2 saturated heterocycles. The summed E-state index contributed by atoms with van der Waals surface area (Å²) in [5.41, 5.74) is -0.815. The van der Waals surface area contributed by atoms with E-state index < -0.39 is 11.4 Å². The molecule has 0 aromatic rings. The summed E-state index contributed by atoms with van der Waals surface area (Å²) in [4.78, 5) is 22.2. The summed E-state index contributed by atoms with van der Waals surface area (Å²) in [6, 6.07) is 0. The molecule has 72 valence electrons. The second-order valence-corrected chi connectivity index (χ2v) is 3.95. The van der Waals surface area contributed by atoms with E-state index in [1.807, 2.05) is 0 Å². The number of hydrogen-bond donors (Lipinski definition) is 1. The van der Waals surface area contributed by atoms with Crippen molar-refractivity contribution in [1.82, 2.24) is 0 Å². The molecule has 0 atom stereocenters. The minimum atomic E-state index is -0.843. The maximum Gasteiger partial charge on any atom is 0.310 e. The summed E-state index contributed by atoms with van der Waals surface area (Å²) >= 11 is 0. The fraction of sp³-hybridized carbons (Fsp3) is 0.778. The van der Waals surface area contributed by atoms with Crippen LogP contribution in [0.1, 0.15) is 32.1 Å². The lowest BCUT2D eigenvalue weighted by molar-refractivity contribution is -0.154. The van der Waals surface area contributed by atoms with Gasteiger partial charge < -0.3 is 9.84 Å². The topological polar surface area (TPSA) is 63.6 Å². The first kappa shape index (κ1) is 8.53. The number of hydrogen-bond acceptors (Lipinski definition) is 3. The Labute approximate surface area is 75.9 Å². The molecule has 3 aliphatic rings. The van der Waals surface area contributed by atoms with Gasteiger partial charge in [0.15, 0.2) is 0 Å². The molecule has 2 bridgehead atoms. The first-order chi connectivity index (χ1) is 6.12. The lowest BCUT2D eigenvalue weighted by atomic mass is 9.72. The zero-order valence-corrected chi connectivity index (χ0v) is 7.28. The van der Waals surface area contributed by atoms with Crippen molar-refractivity contribution in [2.75, 3.05) is 0 Å². The standard InChI is InChI=1S/C9H12O4/c10-7-5-9(8(11)12)3-1-6(13-7)2-4-9/h6H,1-5H2,(H,11,12). The van der Waals surface area contributed by atoms with Crippen molar-refractivity contribution >= 4 is 11.9 Å². The summed E-state index contributed by atoms with van der Waals surface area (Å²) in [6.07, 6.45) is 2.61. The number of aliphatic carboxylic acids is 1. The van der Waals surface area contributed by atoms with Crippen molar-refractivity contribution in [2.24, 2.45) is 5.41 Å². The number of esters is 1. The van der Waals surface area contributed by atoms with Gasteiger partial charge in [-0.2, -0.15) is 0 Å². The molecule has 4 heteroatoms. The van der Waals surface area contributed by atoms with Gasteiger partial charge in [-0.25, -0.2) is 0 Å². The molecular formula is C9H12O4. The predicted octanol–water partition coefficient (Wildman–Crippen LogP) is 0.947. The normalized spacial score (nSPS) is 38.2. The molecule has 0 aromatic heterocycles. The lowest BCUT2D eigenvalue weighted by Gasteiger charge is -2.30. The van der Waals surface area contributed by atoms with Crippen LogP contribution in [0, 0.1) is 5.41 Å². The number of ether oxygens (including phenoxy) is 1. The van der Waals surface area contributed by atoms with Crippen LogP contribution in [-0.4, -0.2) is 23.1 Å². The second-order valence-electron chi connectivity index (χ2n) is 3.95. The van der Waals surface area contributed by atoms with Crippen LogP contribution >= 0.6 is 0 Å². The zero-order valence-electron chi connectivity index (χ0n) is 7.28. The van der Waals surface area contributed by atoms with E-state index in [0.29, 0.717) is 25.7 Å². The third-order valence-electron chi connectivity index (χ3n) is 3.12. The van der Waals surface area contributed by atoms with E-state index in [9.17, 15) is 9.59 Å². The Bertz CT molecular complexity index is 250. The molecule has 13 heavy (non-hydrogen) atoms. The van der Waals surface area contributed by atoms with Gasteiger partial charge in [-0.15, -0.1) is 0 Å². The van der Waals surface area contributed by atoms with Gasteiger partial charge in [0.25, 0.3) is 0 Å². The number of carbonyl (C=O) groups excluding carboxylic acids is 1. The maximum atomic E-state index is 11.2. The molecule has 1 N–H and O–H groups in total. The third kappa shape index (κ3) is 1.30. The SMILES string of the molecule is O=C1CC2(C(=O)O)CCC(CC2)O1. The molecule has 0 aromatic carbocycles. The average Bonchev–Trinajstić information content (AvgIpc) is 2.32. The Hall–Kier alpha value is -1.06. The van der Waals surface area contributed by atoms with Crippen LogP contribution in [0.25, 0.3) is 0 Å². The summed E-state index contributed by atoms with van der Waals surface area (Å²) < 4.78 is 5.08. The molecule has 2 aliphatic heterocycles. The Kier molecular flexibility index (Phi) is 1.78. The van der Waals surface area contributed by atoms with E-state index in [2.05, 4.69) is 0 Å². The van der Waals surface area contributed by atoms with Crippen LogP contribution in [0.2, 0.25) is 0 Å². The van der Waals surface area contributed by atoms with Gasteiger partial charge in [0.1, 0.15) is 6.10 Å². The van der Waals surface area contributed by atoms with Gasteiger partial charge in [0.2, 0.25) is 0 Å². The molecule has 3 fully saturated rings. The second kappa shape index (κ2) is 2.72. The number of carboxylic acids is 1. The van der Waals surface area contributed by atoms with Gasteiger partial charge in [-0.3, -0.25) is 9.59 Å². The fourth-order valence-corrected chi connectivity index (χ4v) is 2.23. The Balaban J connectivity index is 2.28. The van der Waals surface area contributed by atoms with E-state index in [1.54, 1.807) is 0 Å². The van der Waals surface area contributed by atoms with Crippen LogP contribution in [0.4, 0.5) is 0 Å². The Morgan fingerprint density at radius 2 is 2.08 bits per heavy atom. The minimum absolute atomic E-state index is 0.0255. The van der Waals surface area contributed by atoms with E-state index >= 15 is 0 Å². The van der Waals surface area contributed by atoms with Crippen molar-refractivity contribution in [2.45, 2.75) is 38.2 Å². The van der Waals surface area contributed by atoms with Gasteiger partial charge in [-0.05, 0) is 25.7 Å². The van der Waals surface area contributed by atoms with Crippen LogP contribution in [-0.2, 0) is 14.3 Å². The third-order valence-corrected chi connectivity index (χ3v) is 3.12. The quantitative estimate of drug-likeness (QED) is 0.616. The highest BCUT2D eigenvalue weighted by Crippen LogP contribution is 2.43. The lowest BCUT2D eigenvalue weighted by Crippen LogP contribution is -2.34. The van der Waals surface area contributed by atoms with E-state index in [4.69, 9.17) is 9.84 Å². The van der Waals surface area contributed by atoms with Crippen LogP contribution in [0.5, 0.6) is 0 Å². The van der Waals surface area contributed by atoms with E-state index in [1.165, 1.54) is 0 Å². The highest BCUT2D eigenvalue weighted by Gasteiger charge is 2.47. The summed E-state index contributed by atoms with van der Waals surface area (Å²) in [5.74, 6) is -1.19. The number of fused-ring (bicyclic) bond motifs is 4. The van der Waals surface area contributed by atoms with Gasteiger partial charge in [0, 0.05) is 0 Å². The molecule has 1 aliphatic carbocycles. The first-order valence-electron chi connectivity index (χ1n) is 4.55. The van der Waals surface area contributed by atoms with Crippen LogP contribution < -0.4 is 0 Å². The predicted molar refractivity (Wildman–Crippen MR) is 43.0 cm³/mol. The number of carbonyl (C=O) groups is 2. The highest BCUT2D eigenvalue weighted by atomic mass is 16.5. The van der Waals surface area contributed by atoms with Crippen molar-refractivity contribution in [3.8, 4) is 0 Å². The van der Waals surface area contributed by atoms with Crippen molar-refractivity contribution in [3.63, 3.8) is 0 Å². The molecule has 0 radical (unpaired) electrons. The fourth-order valence-electron chi connectivity index (χ4n) is 2.23. The summed E-state index contributed by atoms with van der Waals surface area (Å²) in [5, 5.41) is 9.05. The van der Waals surface area contributed by atoms with Crippen molar-refractivity contribution < 1.29 is 19.4 Å².